The molecule has 144 valence electrons. The molecule has 6 nitrogen and oxygen atoms in total. The Morgan fingerprint density at radius 3 is 2.62 bits per heavy atom. The lowest BCUT2D eigenvalue weighted by molar-refractivity contribution is -0.149. The Morgan fingerprint density at radius 1 is 1.23 bits per heavy atom. The molecule has 1 aliphatic carbocycles. The summed E-state index contributed by atoms with van der Waals surface area (Å²) in [5.74, 6) is 1.86. The lowest BCUT2D eigenvalue weighted by Crippen LogP contribution is -2.52. The summed E-state index contributed by atoms with van der Waals surface area (Å²) in [6.45, 7) is 5.03. The second-order valence-corrected chi connectivity index (χ2v) is 7.16. The summed E-state index contributed by atoms with van der Waals surface area (Å²) in [6, 6.07) is 3.79. The average molecular weight is 361 g/mol. The van der Waals surface area contributed by atoms with Crippen LogP contribution in [0, 0.1) is 0 Å². The topological polar surface area (TPSA) is 54.9 Å². The van der Waals surface area contributed by atoms with Gasteiger partial charge in [0.15, 0.2) is 0 Å². The minimum atomic E-state index is -0.292. The van der Waals surface area contributed by atoms with E-state index in [1.807, 2.05) is 24.0 Å². The smallest absolute Gasteiger partial charge is 0.251 e. The number of rotatable bonds is 6. The van der Waals surface area contributed by atoms with Gasteiger partial charge in [0.2, 0.25) is 0 Å². The monoisotopic (exact) mass is 361 g/mol. The summed E-state index contributed by atoms with van der Waals surface area (Å²) in [6.07, 6.45) is 8.41. The lowest BCUT2D eigenvalue weighted by atomic mass is 9.97. The summed E-state index contributed by atoms with van der Waals surface area (Å²) in [7, 11) is 1.66. The van der Waals surface area contributed by atoms with E-state index in [4.69, 9.17) is 9.47 Å². The minimum absolute atomic E-state index is 0.149. The van der Waals surface area contributed by atoms with E-state index in [1.54, 1.807) is 13.3 Å². The number of piperazine rings is 1. The first-order valence-corrected chi connectivity index (χ1v) is 9.90. The van der Waals surface area contributed by atoms with Crippen LogP contribution in [-0.2, 0) is 9.53 Å². The normalized spacial score (nSPS) is 20.1. The van der Waals surface area contributed by atoms with Crippen LogP contribution < -0.4 is 9.64 Å². The van der Waals surface area contributed by atoms with Crippen LogP contribution in [0.4, 0.5) is 5.82 Å². The molecule has 1 aromatic heterocycles. The molecule has 2 fully saturated rings. The number of aromatic nitrogens is 1. The largest absolute Gasteiger partial charge is 0.497 e. The molecule has 0 N–H and O–H groups in total. The van der Waals surface area contributed by atoms with E-state index in [-0.39, 0.29) is 18.1 Å². The molecule has 1 aliphatic heterocycles. The number of anilines is 1. The third kappa shape index (κ3) is 4.67. The molecule has 0 bridgehead atoms. The van der Waals surface area contributed by atoms with Gasteiger partial charge in [-0.25, -0.2) is 4.98 Å². The molecular formula is C20H31N3O3. The molecular weight excluding hydrogens is 330 g/mol. The van der Waals surface area contributed by atoms with Crippen molar-refractivity contribution >= 4 is 11.7 Å². The van der Waals surface area contributed by atoms with E-state index < -0.39 is 0 Å². The predicted octanol–water partition coefficient (Wildman–Crippen LogP) is 2.87. The molecule has 3 rings (SSSR count). The second-order valence-electron chi connectivity index (χ2n) is 7.16. The van der Waals surface area contributed by atoms with Gasteiger partial charge >= 0.3 is 0 Å². The summed E-state index contributed by atoms with van der Waals surface area (Å²) in [4.78, 5) is 21.5. The number of carbonyl (C=O) groups excluding carboxylic acids is 1. The van der Waals surface area contributed by atoms with E-state index in [0.29, 0.717) is 13.1 Å². The highest BCUT2D eigenvalue weighted by molar-refractivity contribution is 5.81. The van der Waals surface area contributed by atoms with Gasteiger partial charge in [-0.3, -0.25) is 4.79 Å². The van der Waals surface area contributed by atoms with Gasteiger partial charge in [0.1, 0.15) is 17.7 Å². The quantitative estimate of drug-likeness (QED) is 0.780. The molecule has 0 aromatic carbocycles. The number of hydrogen-bond acceptors (Lipinski definition) is 5. The van der Waals surface area contributed by atoms with Gasteiger partial charge < -0.3 is 19.3 Å². The fourth-order valence-corrected chi connectivity index (χ4v) is 3.82. The van der Waals surface area contributed by atoms with Crippen LogP contribution in [0.1, 0.15) is 45.4 Å². The highest BCUT2D eigenvalue weighted by atomic mass is 16.5. The number of carbonyl (C=O) groups is 1. The molecule has 2 aliphatic rings. The van der Waals surface area contributed by atoms with Crippen molar-refractivity contribution in [1.29, 1.82) is 0 Å². The third-order valence-corrected chi connectivity index (χ3v) is 5.42. The Balaban J connectivity index is 1.53. The standard InChI is InChI=1S/C20H31N3O3/c1-3-18(26-16-7-5-4-6-8-16)20(24)23-13-11-22(12-14-23)19-15-17(25-2)9-10-21-19/h9-10,15-16,18H,3-8,11-14H2,1-2H3. The van der Waals surface area contributed by atoms with Gasteiger partial charge in [-0.05, 0) is 25.3 Å². The molecule has 26 heavy (non-hydrogen) atoms. The summed E-state index contributed by atoms with van der Waals surface area (Å²) >= 11 is 0. The number of ether oxygens (including phenoxy) is 2. The molecule has 1 unspecified atom stereocenters. The maximum Gasteiger partial charge on any atom is 0.251 e. The summed E-state index contributed by atoms with van der Waals surface area (Å²) in [5.41, 5.74) is 0. The zero-order chi connectivity index (χ0) is 18.4. The van der Waals surface area contributed by atoms with Crippen LogP contribution in [0.25, 0.3) is 0 Å². The molecule has 1 amide bonds. The Kier molecular flexibility index (Phi) is 6.72. The molecule has 2 heterocycles. The first kappa shape index (κ1) is 19.0. The average Bonchev–Trinajstić information content (AvgIpc) is 2.72. The predicted molar refractivity (Wildman–Crippen MR) is 102 cm³/mol. The van der Waals surface area contributed by atoms with Crippen molar-refractivity contribution in [2.45, 2.75) is 57.7 Å². The van der Waals surface area contributed by atoms with Gasteiger partial charge in [0.25, 0.3) is 5.91 Å². The second kappa shape index (κ2) is 9.21. The zero-order valence-electron chi connectivity index (χ0n) is 16.0. The fraction of sp³-hybridized carbons (Fsp3) is 0.700. The van der Waals surface area contributed by atoms with Crippen molar-refractivity contribution < 1.29 is 14.3 Å². The van der Waals surface area contributed by atoms with Gasteiger partial charge in [-0.1, -0.05) is 26.2 Å². The van der Waals surface area contributed by atoms with Crippen LogP contribution in [-0.4, -0.2) is 61.3 Å². The van der Waals surface area contributed by atoms with Gasteiger partial charge in [-0.15, -0.1) is 0 Å². The molecule has 1 saturated carbocycles. The number of pyridine rings is 1. The Bertz CT molecular complexity index is 581. The van der Waals surface area contributed by atoms with Crippen LogP contribution in [0.5, 0.6) is 5.75 Å². The van der Waals surface area contributed by atoms with E-state index >= 15 is 0 Å². The van der Waals surface area contributed by atoms with Crippen molar-refractivity contribution in [2.24, 2.45) is 0 Å². The van der Waals surface area contributed by atoms with Gasteiger partial charge in [0.05, 0.1) is 13.2 Å². The molecule has 0 spiro atoms. The minimum Gasteiger partial charge on any atom is -0.497 e. The Hall–Kier alpha value is -1.82. The maximum atomic E-state index is 12.9. The summed E-state index contributed by atoms with van der Waals surface area (Å²) in [5, 5.41) is 0. The van der Waals surface area contributed by atoms with E-state index in [0.717, 1.165) is 43.9 Å². The molecule has 1 atom stereocenters. The highest BCUT2D eigenvalue weighted by Gasteiger charge is 2.29. The first-order chi connectivity index (χ1) is 12.7. The van der Waals surface area contributed by atoms with E-state index in [2.05, 4.69) is 9.88 Å². The Labute approximate surface area is 156 Å². The SMILES string of the molecule is CCC(OC1CCCCC1)C(=O)N1CCN(c2cc(OC)ccn2)CC1. The third-order valence-electron chi connectivity index (χ3n) is 5.42. The molecule has 1 saturated heterocycles. The number of nitrogens with zero attached hydrogens (tertiary/aromatic N) is 3. The molecule has 6 heteroatoms. The fourth-order valence-electron chi connectivity index (χ4n) is 3.82. The first-order valence-electron chi connectivity index (χ1n) is 9.90. The lowest BCUT2D eigenvalue weighted by Gasteiger charge is -2.37. The number of amides is 1. The van der Waals surface area contributed by atoms with Crippen LogP contribution >= 0.6 is 0 Å². The van der Waals surface area contributed by atoms with Crippen molar-refractivity contribution in [2.75, 3.05) is 38.2 Å². The Morgan fingerprint density at radius 2 is 1.96 bits per heavy atom. The van der Waals surface area contributed by atoms with Crippen molar-refractivity contribution in [3.05, 3.63) is 18.3 Å². The number of hydrogen-bond donors (Lipinski definition) is 0. The molecule has 0 radical (unpaired) electrons. The van der Waals surface area contributed by atoms with Crippen molar-refractivity contribution in [1.82, 2.24) is 9.88 Å². The van der Waals surface area contributed by atoms with Gasteiger partial charge in [-0.2, -0.15) is 0 Å². The van der Waals surface area contributed by atoms with Crippen molar-refractivity contribution in [3.8, 4) is 5.75 Å². The molecule has 1 aromatic rings. The van der Waals surface area contributed by atoms with Crippen LogP contribution in [0.2, 0.25) is 0 Å². The zero-order valence-corrected chi connectivity index (χ0v) is 16.0. The maximum absolute atomic E-state index is 12.9. The van der Waals surface area contributed by atoms with E-state index in [1.165, 1.54) is 19.3 Å². The van der Waals surface area contributed by atoms with E-state index in [9.17, 15) is 4.79 Å². The van der Waals surface area contributed by atoms with Crippen LogP contribution in [0.15, 0.2) is 18.3 Å². The van der Waals surface area contributed by atoms with Crippen molar-refractivity contribution in [3.63, 3.8) is 0 Å². The summed E-state index contributed by atoms with van der Waals surface area (Å²) < 4.78 is 11.4. The van der Waals surface area contributed by atoms with Crippen LogP contribution in [0.3, 0.4) is 0 Å². The van der Waals surface area contributed by atoms with Gasteiger partial charge in [0, 0.05) is 38.4 Å². The number of methoxy groups -OCH3 is 1. The highest BCUT2D eigenvalue weighted by Crippen LogP contribution is 2.24.